The molecule has 0 spiro atoms. The second kappa shape index (κ2) is 9.05. The summed E-state index contributed by atoms with van der Waals surface area (Å²) in [5.74, 6) is -1.41. The maximum atomic E-state index is 12.8. The van der Waals surface area contributed by atoms with Crippen molar-refractivity contribution in [1.29, 1.82) is 0 Å². The SMILES string of the molecule is CC(=O)N[C@H](Cc1ccccc1)C(=O)N[C@H](Cc1c[nH]c2ccccc12)C(N)=O. The third-order valence-electron chi connectivity index (χ3n) is 4.74. The molecular formula is C22H24N4O3. The van der Waals surface area contributed by atoms with Crippen molar-refractivity contribution in [3.05, 3.63) is 71.9 Å². The van der Waals surface area contributed by atoms with E-state index in [4.69, 9.17) is 5.73 Å². The first-order chi connectivity index (χ1) is 13.9. The van der Waals surface area contributed by atoms with Gasteiger partial charge in [-0.15, -0.1) is 0 Å². The van der Waals surface area contributed by atoms with Gasteiger partial charge in [0.2, 0.25) is 17.7 Å². The summed E-state index contributed by atoms with van der Waals surface area (Å²) < 4.78 is 0. The van der Waals surface area contributed by atoms with Crippen molar-refractivity contribution < 1.29 is 14.4 Å². The number of aromatic nitrogens is 1. The molecule has 0 radical (unpaired) electrons. The lowest BCUT2D eigenvalue weighted by molar-refractivity contribution is -0.130. The molecule has 0 bridgehead atoms. The molecule has 150 valence electrons. The van der Waals surface area contributed by atoms with Gasteiger partial charge in [0, 0.05) is 36.9 Å². The number of primary amides is 1. The maximum absolute atomic E-state index is 12.8. The normalized spacial score (nSPS) is 12.9. The fourth-order valence-corrected chi connectivity index (χ4v) is 3.32. The van der Waals surface area contributed by atoms with E-state index in [2.05, 4.69) is 15.6 Å². The van der Waals surface area contributed by atoms with E-state index in [1.807, 2.05) is 60.8 Å². The number of hydrogen-bond acceptors (Lipinski definition) is 3. The second-order valence-corrected chi connectivity index (χ2v) is 6.97. The Kier molecular flexibility index (Phi) is 6.29. The quantitative estimate of drug-likeness (QED) is 0.464. The molecule has 2 aromatic carbocycles. The number of rotatable bonds is 8. The third-order valence-corrected chi connectivity index (χ3v) is 4.74. The summed E-state index contributed by atoms with van der Waals surface area (Å²) in [7, 11) is 0. The van der Waals surface area contributed by atoms with Crippen LogP contribution in [0.3, 0.4) is 0 Å². The van der Waals surface area contributed by atoms with Crippen molar-refractivity contribution in [3.8, 4) is 0 Å². The smallest absolute Gasteiger partial charge is 0.243 e. The molecular weight excluding hydrogens is 368 g/mol. The van der Waals surface area contributed by atoms with Crippen LogP contribution in [-0.4, -0.2) is 34.8 Å². The van der Waals surface area contributed by atoms with Crippen LogP contribution in [0.2, 0.25) is 0 Å². The molecule has 0 fully saturated rings. The van der Waals surface area contributed by atoms with Gasteiger partial charge in [0.25, 0.3) is 0 Å². The first-order valence-corrected chi connectivity index (χ1v) is 9.39. The van der Waals surface area contributed by atoms with Gasteiger partial charge in [-0.05, 0) is 17.2 Å². The lowest BCUT2D eigenvalue weighted by Crippen LogP contribution is -2.54. The van der Waals surface area contributed by atoms with Gasteiger partial charge in [-0.25, -0.2) is 0 Å². The highest BCUT2D eigenvalue weighted by molar-refractivity contribution is 5.92. The largest absolute Gasteiger partial charge is 0.368 e. The molecule has 7 nitrogen and oxygen atoms in total. The van der Waals surface area contributed by atoms with E-state index < -0.39 is 23.9 Å². The zero-order chi connectivity index (χ0) is 20.8. The van der Waals surface area contributed by atoms with E-state index in [9.17, 15) is 14.4 Å². The highest BCUT2D eigenvalue weighted by Crippen LogP contribution is 2.19. The number of carbonyl (C=O) groups excluding carboxylic acids is 3. The van der Waals surface area contributed by atoms with Gasteiger partial charge >= 0.3 is 0 Å². The summed E-state index contributed by atoms with van der Waals surface area (Å²) in [6.07, 6.45) is 2.37. The highest BCUT2D eigenvalue weighted by atomic mass is 16.2. The van der Waals surface area contributed by atoms with Crippen LogP contribution in [0.5, 0.6) is 0 Å². The number of para-hydroxylation sites is 1. The van der Waals surface area contributed by atoms with Crippen molar-refractivity contribution in [2.45, 2.75) is 31.8 Å². The summed E-state index contributed by atoms with van der Waals surface area (Å²) >= 11 is 0. The lowest BCUT2D eigenvalue weighted by atomic mass is 10.0. The first kappa shape index (κ1) is 20.1. The molecule has 7 heteroatoms. The zero-order valence-corrected chi connectivity index (χ0v) is 16.1. The predicted octanol–water partition coefficient (Wildman–Crippen LogP) is 1.43. The predicted molar refractivity (Wildman–Crippen MR) is 111 cm³/mol. The Morgan fingerprint density at radius 2 is 1.62 bits per heavy atom. The highest BCUT2D eigenvalue weighted by Gasteiger charge is 2.26. The van der Waals surface area contributed by atoms with Crippen LogP contribution in [-0.2, 0) is 27.2 Å². The van der Waals surface area contributed by atoms with E-state index in [0.29, 0.717) is 6.42 Å². The number of aromatic amines is 1. The molecule has 0 aliphatic heterocycles. The molecule has 1 aromatic heterocycles. The van der Waals surface area contributed by atoms with Crippen LogP contribution in [0.1, 0.15) is 18.1 Å². The van der Waals surface area contributed by atoms with Gasteiger partial charge in [0.15, 0.2) is 0 Å². The summed E-state index contributed by atoms with van der Waals surface area (Å²) in [5.41, 5.74) is 8.27. The molecule has 3 aromatic rings. The van der Waals surface area contributed by atoms with Crippen molar-refractivity contribution in [2.24, 2.45) is 5.73 Å². The molecule has 0 aliphatic rings. The van der Waals surface area contributed by atoms with Crippen LogP contribution < -0.4 is 16.4 Å². The number of benzene rings is 2. The number of nitrogens with two attached hydrogens (primary N) is 1. The lowest BCUT2D eigenvalue weighted by Gasteiger charge is -2.21. The van der Waals surface area contributed by atoms with E-state index in [1.54, 1.807) is 0 Å². The second-order valence-electron chi connectivity index (χ2n) is 6.97. The average molecular weight is 392 g/mol. The summed E-state index contributed by atoms with van der Waals surface area (Å²) in [6.45, 7) is 1.35. The summed E-state index contributed by atoms with van der Waals surface area (Å²) in [5, 5.41) is 6.32. The maximum Gasteiger partial charge on any atom is 0.243 e. The number of amides is 3. The van der Waals surface area contributed by atoms with Crippen molar-refractivity contribution >= 4 is 28.6 Å². The van der Waals surface area contributed by atoms with Gasteiger partial charge < -0.3 is 21.4 Å². The standard InChI is InChI=1S/C22H24N4O3/c1-14(27)25-20(11-15-7-3-2-4-8-15)22(29)26-19(21(23)28)12-16-13-24-18-10-6-5-9-17(16)18/h2-10,13,19-20,24H,11-12H2,1H3,(H2,23,28)(H,25,27)(H,26,29)/t19-,20-/m1/s1. The zero-order valence-electron chi connectivity index (χ0n) is 16.1. The fraction of sp³-hybridized carbons (Fsp3) is 0.227. The molecule has 3 amide bonds. The Balaban J connectivity index is 1.75. The van der Waals surface area contributed by atoms with Gasteiger partial charge in [0.1, 0.15) is 12.1 Å². The van der Waals surface area contributed by atoms with Gasteiger partial charge in [0.05, 0.1) is 0 Å². The van der Waals surface area contributed by atoms with Crippen LogP contribution in [0, 0.1) is 0 Å². The number of H-pyrrole nitrogens is 1. The summed E-state index contributed by atoms with van der Waals surface area (Å²) in [4.78, 5) is 39.6. The van der Waals surface area contributed by atoms with Crippen LogP contribution in [0.15, 0.2) is 60.8 Å². The van der Waals surface area contributed by atoms with Crippen LogP contribution in [0.25, 0.3) is 10.9 Å². The van der Waals surface area contributed by atoms with Crippen LogP contribution in [0.4, 0.5) is 0 Å². The Labute approximate surface area is 168 Å². The Bertz CT molecular complexity index is 1010. The fourth-order valence-electron chi connectivity index (χ4n) is 3.32. The molecule has 1 heterocycles. The number of nitrogens with one attached hydrogen (secondary N) is 3. The van der Waals surface area contributed by atoms with Crippen molar-refractivity contribution in [2.75, 3.05) is 0 Å². The van der Waals surface area contributed by atoms with Gasteiger partial charge in [-0.3, -0.25) is 14.4 Å². The minimum Gasteiger partial charge on any atom is -0.368 e. The van der Waals surface area contributed by atoms with Gasteiger partial charge in [-0.1, -0.05) is 48.5 Å². The molecule has 2 atom stereocenters. The molecule has 0 saturated carbocycles. The monoisotopic (exact) mass is 392 g/mol. The van der Waals surface area contributed by atoms with E-state index in [1.165, 1.54) is 6.92 Å². The number of hydrogen-bond donors (Lipinski definition) is 4. The Morgan fingerprint density at radius 1 is 0.931 bits per heavy atom. The van der Waals surface area contributed by atoms with E-state index >= 15 is 0 Å². The Morgan fingerprint density at radius 3 is 2.31 bits per heavy atom. The van der Waals surface area contributed by atoms with Crippen molar-refractivity contribution in [1.82, 2.24) is 15.6 Å². The molecule has 3 rings (SSSR count). The summed E-state index contributed by atoms with van der Waals surface area (Å²) in [6, 6.07) is 15.3. The Hall–Kier alpha value is -3.61. The van der Waals surface area contributed by atoms with E-state index in [-0.39, 0.29) is 12.3 Å². The molecule has 5 N–H and O–H groups in total. The number of fused-ring (bicyclic) bond motifs is 1. The average Bonchev–Trinajstić information content (AvgIpc) is 3.10. The molecule has 29 heavy (non-hydrogen) atoms. The minimum absolute atomic E-state index is 0.253. The minimum atomic E-state index is -0.895. The molecule has 0 unspecified atom stereocenters. The topological polar surface area (TPSA) is 117 Å². The van der Waals surface area contributed by atoms with E-state index in [0.717, 1.165) is 22.0 Å². The van der Waals surface area contributed by atoms with Crippen molar-refractivity contribution in [3.63, 3.8) is 0 Å². The van der Waals surface area contributed by atoms with Crippen LogP contribution >= 0.6 is 0 Å². The number of carbonyl (C=O) groups is 3. The first-order valence-electron chi connectivity index (χ1n) is 9.39. The molecule has 0 saturated heterocycles. The molecule has 0 aliphatic carbocycles. The third kappa shape index (κ3) is 5.22. The van der Waals surface area contributed by atoms with Gasteiger partial charge in [-0.2, -0.15) is 0 Å².